The molecule has 6 nitrogen and oxygen atoms in total. The van der Waals surface area contributed by atoms with Crippen LogP contribution in [0, 0.1) is 11.8 Å². The van der Waals surface area contributed by atoms with Crippen molar-refractivity contribution in [2.45, 2.75) is 32.6 Å². The van der Waals surface area contributed by atoms with E-state index in [1.165, 1.54) is 11.3 Å². The highest BCUT2D eigenvalue weighted by molar-refractivity contribution is 7.18. The lowest BCUT2D eigenvalue weighted by Crippen LogP contribution is -2.34. The van der Waals surface area contributed by atoms with Gasteiger partial charge in [0.15, 0.2) is 0 Å². The number of hydrogen-bond donors (Lipinski definition) is 1. The van der Waals surface area contributed by atoms with E-state index >= 15 is 0 Å². The van der Waals surface area contributed by atoms with Gasteiger partial charge in [-0.1, -0.05) is 48.6 Å². The Morgan fingerprint density at radius 3 is 2.39 bits per heavy atom. The van der Waals surface area contributed by atoms with Gasteiger partial charge in [0.05, 0.1) is 5.69 Å². The Bertz CT molecular complexity index is 1040. The molecule has 2 heterocycles. The van der Waals surface area contributed by atoms with Crippen molar-refractivity contribution >= 4 is 34.8 Å². The minimum atomic E-state index is -1.41. The van der Waals surface area contributed by atoms with Crippen molar-refractivity contribution < 1.29 is 19.4 Å². The summed E-state index contributed by atoms with van der Waals surface area (Å²) >= 11 is 1.22. The number of ether oxygens (including phenoxy) is 1. The number of thiophene rings is 1. The van der Waals surface area contributed by atoms with E-state index in [1.54, 1.807) is 29.4 Å². The Labute approximate surface area is 185 Å². The van der Waals surface area contributed by atoms with E-state index in [2.05, 4.69) is 11.9 Å². The Hall–Kier alpha value is -3.19. The maximum atomic E-state index is 13.7. The summed E-state index contributed by atoms with van der Waals surface area (Å²) in [5, 5.41) is 9.49. The van der Waals surface area contributed by atoms with E-state index in [1.807, 2.05) is 36.4 Å². The fourth-order valence-electron chi connectivity index (χ4n) is 3.99. The number of amides is 1. The van der Waals surface area contributed by atoms with Crippen LogP contribution in [-0.4, -0.2) is 22.2 Å². The summed E-state index contributed by atoms with van der Waals surface area (Å²) in [6.45, 7) is 2.21. The second-order valence-electron chi connectivity index (χ2n) is 7.85. The van der Waals surface area contributed by atoms with Crippen LogP contribution in [0.5, 0.6) is 5.06 Å². The summed E-state index contributed by atoms with van der Waals surface area (Å²) in [6.07, 6.45) is 5.52. The highest BCUT2D eigenvalue weighted by Crippen LogP contribution is 2.46. The summed E-state index contributed by atoms with van der Waals surface area (Å²) in [6, 6.07) is 15.0. The van der Waals surface area contributed by atoms with Crippen LogP contribution in [0.15, 0.2) is 60.9 Å². The van der Waals surface area contributed by atoms with Gasteiger partial charge in [0, 0.05) is 23.2 Å². The molecule has 1 aliphatic carbocycles. The van der Waals surface area contributed by atoms with Crippen molar-refractivity contribution in [3.8, 4) is 15.5 Å². The van der Waals surface area contributed by atoms with Gasteiger partial charge in [0.1, 0.15) is 5.69 Å². The molecule has 0 radical (unpaired) electrons. The van der Waals surface area contributed by atoms with Crippen LogP contribution in [0.4, 0.5) is 16.2 Å². The fourth-order valence-corrected chi connectivity index (χ4v) is 4.98. The van der Waals surface area contributed by atoms with E-state index < -0.39 is 6.16 Å². The Morgan fingerprint density at radius 2 is 1.74 bits per heavy atom. The van der Waals surface area contributed by atoms with Gasteiger partial charge in [-0.25, -0.2) is 4.79 Å². The molecule has 7 heteroatoms. The second-order valence-corrected chi connectivity index (χ2v) is 8.87. The van der Waals surface area contributed by atoms with Crippen LogP contribution >= 0.6 is 11.3 Å². The molecular formula is C24H24N2O4S. The standard InChI is InChI=1S/C24H24N2O4S/c1-16-7-9-18(10-8-16)22(27)26(19-11-13-25-14-12-19)20-15-21(17-5-3-2-4-6-17)31-23(20)30-24(28)29/h2-6,11-16,18H,7-10H2,1H3,(H,28,29). The fraction of sp³-hybridized carbons (Fsp3) is 0.292. The number of nitrogens with zero attached hydrogens (tertiary/aromatic N) is 2. The number of rotatable bonds is 5. The first-order chi connectivity index (χ1) is 15.0. The maximum Gasteiger partial charge on any atom is 0.512 e. The molecule has 0 atom stereocenters. The minimum Gasteiger partial charge on any atom is -0.449 e. The summed E-state index contributed by atoms with van der Waals surface area (Å²) in [5.74, 6) is 0.475. The van der Waals surface area contributed by atoms with Crippen molar-refractivity contribution in [1.82, 2.24) is 4.98 Å². The smallest absolute Gasteiger partial charge is 0.449 e. The maximum absolute atomic E-state index is 13.7. The Balaban J connectivity index is 1.79. The van der Waals surface area contributed by atoms with Crippen LogP contribution in [0.3, 0.4) is 0 Å². The van der Waals surface area contributed by atoms with Gasteiger partial charge < -0.3 is 9.84 Å². The van der Waals surface area contributed by atoms with Crippen LogP contribution in [0.1, 0.15) is 32.6 Å². The molecule has 4 rings (SSSR count). The summed E-state index contributed by atoms with van der Waals surface area (Å²) < 4.78 is 5.13. The van der Waals surface area contributed by atoms with Gasteiger partial charge in [0.2, 0.25) is 11.0 Å². The lowest BCUT2D eigenvalue weighted by Gasteiger charge is -2.31. The number of carboxylic acid groups (broad SMARTS) is 1. The quantitative estimate of drug-likeness (QED) is 0.471. The molecule has 0 unspecified atom stereocenters. The van der Waals surface area contributed by atoms with Crippen LogP contribution in [0.2, 0.25) is 0 Å². The molecule has 0 spiro atoms. The van der Waals surface area contributed by atoms with E-state index in [0.29, 0.717) is 17.3 Å². The average molecular weight is 437 g/mol. The van der Waals surface area contributed by atoms with Crippen LogP contribution in [0.25, 0.3) is 10.4 Å². The molecule has 1 aliphatic rings. The zero-order valence-electron chi connectivity index (χ0n) is 17.2. The molecule has 3 aromatic rings. The highest BCUT2D eigenvalue weighted by atomic mass is 32.1. The molecule has 1 N–H and O–H groups in total. The average Bonchev–Trinajstić information content (AvgIpc) is 3.18. The zero-order valence-corrected chi connectivity index (χ0v) is 18.0. The number of pyridine rings is 1. The number of benzene rings is 1. The molecule has 1 fully saturated rings. The van der Waals surface area contributed by atoms with Gasteiger partial charge in [0.25, 0.3) is 0 Å². The molecule has 31 heavy (non-hydrogen) atoms. The molecule has 1 saturated carbocycles. The summed E-state index contributed by atoms with van der Waals surface area (Å²) in [4.78, 5) is 31.6. The molecule has 0 bridgehead atoms. The molecular weight excluding hydrogens is 412 g/mol. The first-order valence-electron chi connectivity index (χ1n) is 10.4. The number of aromatic nitrogens is 1. The second kappa shape index (κ2) is 9.31. The van der Waals surface area contributed by atoms with Gasteiger partial charge >= 0.3 is 6.16 Å². The molecule has 0 aliphatic heterocycles. The van der Waals surface area contributed by atoms with Gasteiger partial charge in [-0.15, -0.1) is 0 Å². The van der Waals surface area contributed by atoms with Gasteiger partial charge in [-0.2, -0.15) is 0 Å². The minimum absolute atomic E-state index is 0.0363. The predicted molar refractivity (Wildman–Crippen MR) is 121 cm³/mol. The van der Waals surface area contributed by atoms with Crippen LogP contribution < -0.4 is 9.64 Å². The highest BCUT2D eigenvalue weighted by Gasteiger charge is 2.33. The largest absolute Gasteiger partial charge is 0.512 e. The predicted octanol–water partition coefficient (Wildman–Crippen LogP) is 6.36. The first kappa shape index (κ1) is 21.1. The third-order valence-corrected chi connectivity index (χ3v) is 6.72. The molecule has 2 aromatic heterocycles. The zero-order chi connectivity index (χ0) is 21.8. The van der Waals surface area contributed by atoms with Crippen molar-refractivity contribution in [3.05, 3.63) is 60.9 Å². The van der Waals surface area contributed by atoms with Gasteiger partial charge in [-0.05, 0) is 55.4 Å². The van der Waals surface area contributed by atoms with Crippen molar-refractivity contribution in [2.24, 2.45) is 11.8 Å². The van der Waals surface area contributed by atoms with Gasteiger partial charge in [-0.3, -0.25) is 14.7 Å². The molecule has 1 aromatic carbocycles. The molecule has 160 valence electrons. The van der Waals surface area contributed by atoms with E-state index in [9.17, 15) is 14.7 Å². The number of hydrogen-bond acceptors (Lipinski definition) is 5. The third kappa shape index (κ3) is 4.77. The van der Waals surface area contributed by atoms with Crippen molar-refractivity contribution in [2.75, 3.05) is 4.90 Å². The topological polar surface area (TPSA) is 79.7 Å². The lowest BCUT2D eigenvalue weighted by molar-refractivity contribution is -0.122. The molecule has 0 saturated heterocycles. The summed E-state index contributed by atoms with van der Waals surface area (Å²) in [7, 11) is 0. The first-order valence-corrected chi connectivity index (χ1v) is 11.2. The Morgan fingerprint density at radius 1 is 1.06 bits per heavy atom. The number of carbonyl (C=O) groups excluding carboxylic acids is 1. The third-order valence-electron chi connectivity index (χ3n) is 5.67. The van der Waals surface area contributed by atoms with Crippen LogP contribution in [-0.2, 0) is 4.79 Å². The normalized spacial score (nSPS) is 18.4. The van der Waals surface area contributed by atoms with E-state index in [0.717, 1.165) is 36.1 Å². The number of anilines is 2. The molecule has 1 amide bonds. The lowest BCUT2D eigenvalue weighted by atomic mass is 9.82. The number of carbonyl (C=O) groups is 2. The van der Waals surface area contributed by atoms with E-state index in [4.69, 9.17) is 4.74 Å². The SMILES string of the molecule is CC1CCC(C(=O)N(c2ccncc2)c2cc(-c3ccccc3)sc2OC(=O)O)CC1. The van der Waals surface area contributed by atoms with Crippen molar-refractivity contribution in [1.29, 1.82) is 0 Å². The Kier molecular flexibility index (Phi) is 6.32. The van der Waals surface area contributed by atoms with E-state index in [-0.39, 0.29) is 16.9 Å². The monoisotopic (exact) mass is 436 g/mol. The van der Waals surface area contributed by atoms with Crippen molar-refractivity contribution in [3.63, 3.8) is 0 Å². The summed E-state index contributed by atoms with van der Waals surface area (Å²) in [5.41, 5.74) is 2.02.